The Labute approximate surface area is 69.4 Å². The van der Waals surface area contributed by atoms with Crippen molar-refractivity contribution in [1.29, 1.82) is 0 Å². The van der Waals surface area contributed by atoms with Gasteiger partial charge in [0.25, 0.3) is 0 Å². The molecule has 11 heavy (non-hydrogen) atoms. The molecule has 0 aromatic heterocycles. The van der Waals surface area contributed by atoms with Crippen LogP contribution >= 0.6 is 0 Å². The van der Waals surface area contributed by atoms with Crippen LogP contribution in [-0.4, -0.2) is 26.0 Å². The first-order chi connectivity index (χ1) is 5.41. The van der Waals surface area contributed by atoms with Crippen LogP contribution < -0.4 is 0 Å². The van der Waals surface area contributed by atoms with Crippen LogP contribution in [0.5, 0.6) is 0 Å². The summed E-state index contributed by atoms with van der Waals surface area (Å²) in [5, 5.41) is 0. The molecule has 0 fully saturated rings. The van der Waals surface area contributed by atoms with E-state index in [0.717, 1.165) is 13.0 Å². The van der Waals surface area contributed by atoms with Gasteiger partial charge in [-0.2, -0.15) is 0 Å². The van der Waals surface area contributed by atoms with Crippen molar-refractivity contribution >= 4 is 12.4 Å². The highest BCUT2D eigenvalue weighted by atomic mass is 14.7. The number of nitrogens with zero attached hydrogens (tertiary/aromatic N) is 2. The van der Waals surface area contributed by atoms with Gasteiger partial charge in [-0.25, -0.2) is 0 Å². The van der Waals surface area contributed by atoms with Crippen molar-refractivity contribution in [2.24, 2.45) is 9.98 Å². The van der Waals surface area contributed by atoms with Gasteiger partial charge in [0.15, 0.2) is 0 Å². The molecular weight excluding hydrogens is 136 g/mol. The van der Waals surface area contributed by atoms with Crippen molar-refractivity contribution in [3.63, 3.8) is 0 Å². The van der Waals surface area contributed by atoms with E-state index in [-0.39, 0.29) is 0 Å². The Morgan fingerprint density at radius 2 is 2.00 bits per heavy atom. The molecule has 0 aromatic carbocycles. The summed E-state index contributed by atoms with van der Waals surface area (Å²) in [6, 6.07) is 0. The second-order valence-electron chi connectivity index (χ2n) is 2.45. The maximum absolute atomic E-state index is 4.13. The Bertz CT molecular complexity index is 103. The largest absolute Gasteiger partial charge is 0.301 e. The summed E-state index contributed by atoms with van der Waals surface area (Å²) in [5.74, 6) is 0. The molecule has 0 saturated carbocycles. The molecule has 0 unspecified atom stereocenters. The van der Waals surface area contributed by atoms with Crippen molar-refractivity contribution in [2.45, 2.75) is 32.6 Å². The van der Waals surface area contributed by atoms with Crippen LogP contribution in [-0.2, 0) is 0 Å². The lowest BCUT2D eigenvalue weighted by Crippen LogP contribution is -1.83. The van der Waals surface area contributed by atoms with E-state index < -0.39 is 0 Å². The highest BCUT2D eigenvalue weighted by Gasteiger charge is 1.84. The van der Waals surface area contributed by atoms with Crippen LogP contribution in [0.2, 0.25) is 0 Å². The zero-order valence-electron chi connectivity index (χ0n) is 7.58. The summed E-state index contributed by atoms with van der Waals surface area (Å²) in [7, 11) is 1.82. The molecule has 0 aliphatic carbocycles. The van der Waals surface area contributed by atoms with Gasteiger partial charge in [-0.3, -0.25) is 4.99 Å². The predicted octanol–water partition coefficient (Wildman–Crippen LogP) is 2.34. The predicted molar refractivity (Wildman–Crippen MR) is 51.9 cm³/mol. The van der Waals surface area contributed by atoms with Gasteiger partial charge in [0.1, 0.15) is 0 Å². The average Bonchev–Trinajstić information content (AvgIpc) is 2.03. The van der Waals surface area contributed by atoms with Gasteiger partial charge in [0.2, 0.25) is 0 Å². The van der Waals surface area contributed by atoms with Crippen molar-refractivity contribution in [3.05, 3.63) is 0 Å². The van der Waals surface area contributed by atoms with Gasteiger partial charge in [-0.05, 0) is 38.6 Å². The van der Waals surface area contributed by atoms with Gasteiger partial charge in [-0.15, -0.1) is 0 Å². The van der Waals surface area contributed by atoms with Crippen LogP contribution in [0.15, 0.2) is 9.98 Å². The first kappa shape index (κ1) is 10.3. The molecule has 0 heterocycles. The zero-order chi connectivity index (χ0) is 8.36. The Balaban J connectivity index is 2.90. The molecule has 0 amide bonds. The van der Waals surface area contributed by atoms with Gasteiger partial charge in [-0.1, -0.05) is 6.42 Å². The number of unbranched alkanes of at least 4 members (excludes halogenated alkanes) is 3. The van der Waals surface area contributed by atoms with E-state index in [2.05, 4.69) is 9.98 Å². The van der Waals surface area contributed by atoms with Crippen molar-refractivity contribution in [3.8, 4) is 0 Å². The normalized spacial score (nSPS) is 11.8. The molecule has 0 rings (SSSR count). The molecule has 0 saturated heterocycles. The molecule has 0 atom stereocenters. The first-order valence-electron chi connectivity index (χ1n) is 4.27. The van der Waals surface area contributed by atoms with E-state index in [1.807, 2.05) is 26.4 Å². The monoisotopic (exact) mass is 154 g/mol. The first-order valence-corrected chi connectivity index (χ1v) is 4.27. The Morgan fingerprint density at radius 1 is 1.18 bits per heavy atom. The summed E-state index contributed by atoms with van der Waals surface area (Å²) in [5.41, 5.74) is 0. The standard InChI is InChI=1S/C9H18N2/c1-3-11-9-7-5-4-6-8-10-2/h3,8H,4-7,9H2,1-2H3. The highest BCUT2D eigenvalue weighted by Crippen LogP contribution is 1.97. The summed E-state index contributed by atoms with van der Waals surface area (Å²) in [6.45, 7) is 2.95. The molecule has 0 aromatic rings. The molecule has 0 aliphatic rings. The third-order valence-corrected chi connectivity index (χ3v) is 1.49. The molecule has 2 heteroatoms. The zero-order valence-corrected chi connectivity index (χ0v) is 7.58. The van der Waals surface area contributed by atoms with E-state index in [4.69, 9.17) is 0 Å². The molecular formula is C9H18N2. The lowest BCUT2D eigenvalue weighted by atomic mass is 10.2. The van der Waals surface area contributed by atoms with Gasteiger partial charge < -0.3 is 4.99 Å². The smallest absolute Gasteiger partial charge is 0.0385 e. The van der Waals surface area contributed by atoms with Crippen molar-refractivity contribution < 1.29 is 0 Å². The quantitative estimate of drug-likeness (QED) is 0.414. The van der Waals surface area contributed by atoms with E-state index in [9.17, 15) is 0 Å². The number of rotatable bonds is 6. The van der Waals surface area contributed by atoms with Crippen LogP contribution in [0.3, 0.4) is 0 Å². The number of aliphatic imine (C=N–C) groups is 2. The van der Waals surface area contributed by atoms with E-state index >= 15 is 0 Å². The molecule has 0 aliphatic heterocycles. The minimum Gasteiger partial charge on any atom is -0.301 e. The lowest BCUT2D eigenvalue weighted by molar-refractivity contribution is 0.710. The van der Waals surface area contributed by atoms with E-state index in [1.165, 1.54) is 19.3 Å². The van der Waals surface area contributed by atoms with Gasteiger partial charge >= 0.3 is 0 Å². The van der Waals surface area contributed by atoms with Crippen LogP contribution in [0.25, 0.3) is 0 Å². The number of hydrogen-bond donors (Lipinski definition) is 0. The lowest BCUT2D eigenvalue weighted by Gasteiger charge is -1.93. The molecule has 0 N–H and O–H groups in total. The average molecular weight is 154 g/mol. The fourth-order valence-corrected chi connectivity index (χ4v) is 0.874. The maximum Gasteiger partial charge on any atom is 0.0385 e. The third-order valence-electron chi connectivity index (χ3n) is 1.49. The molecule has 0 radical (unpaired) electrons. The summed E-state index contributed by atoms with van der Waals surface area (Å²) < 4.78 is 0. The number of hydrogen-bond acceptors (Lipinski definition) is 2. The minimum atomic E-state index is 0.986. The highest BCUT2D eigenvalue weighted by molar-refractivity contribution is 5.56. The fraction of sp³-hybridized carbons (Fsp3) is 0.778. The molecule has 0 bridgehead atoms. The molecule has 64 valence electrons. The maximum atomic E-state index is 4.13. The summed E-state index contributed by atoms with van der Waals surface area (Å²) >= 11 is 0. The van der Waals surface area contributed by atoms with Crippen molar-refractivity contribution in [1.82, 2.24) is 0 Å². The second kappa shape index (κ2) is 9.34. The Kier molecular flexibility index (Phi) is 8.78. The topological polar surface area (TPSA) is 24.7 Å². The Morgan fingerprint density at radius 3 is 2.64 bits per heavy atom. The summed E-state index contributed by atoms with van der Waals surface area (Å²) in [6.07, 6.45) is 8.69. The molecule has 0 spiro atoms. The van der Waals surface area contributed by atoms with Crippen LogP contribution in [0, 0.1) is 0 Å². The van der Waals surface area contributed by atoms with Crippen LogP contribution in [0.1, 0.15) is 32.6 Å². The van der Waals surface area contributed by atoms with Crippen LogP contribution in [0.4, 0.5) is 0 Å². The summed E-state index contributed by atoms with van der Waals surface area (Å²) in [4.78, 5) is 8.05. The van der Waals surface area contributed by atoms with Gasteiger partial charge in [0.05, 0.1) is 0 Å². The Hall–Kier alpha value is -0.660. The third kappa shape index (κ3) is 9.34. The SMILES string of the molecule is CC=NCCCCCC=NC. The van der Waals surface area contributed by atoms with E-state index in [1.54, 1.807) is 0 Å². The molecule has 2 nitrogen and oxygen atoms in total. The minimum absolute atomic E-state index is 0.986. The van der Waals surface area contributed by atoms with Crippen molar-refractivity contribution in [2.75, 3.05) is 13.6 Å². The van der Waals surface area contributed by atoms with Gasteiger partial charge in [0, 0.05) is 13.6 Å². The van der Waals surface area contributed by atoms with E-state index in [0.29, 0.717) is 0 Å². The second-order valence-corrected chi connectivity index (χ2v) is 2.45. The fourth-order valence-electron chi connectivity index (χ4n) is 0.874.